The smallest absolute Gasteiger partial charge is 0.248 e. The molecule has 0 aliphatic carbocycles. The van der Waals surface area contributed by atoms with Gasteiger partial charge in [0.1, 0.15) is 12.1 Å². The number of pyridine rings is 1. The van der Waals surface area contributed by atoms with Gasteiger partial charge >= 0.3 is 0 Å². The second-order valence-corrected chi connectivity index (χ2v) is 3.58. The lowest BCUT2D eigenvalue weighted by atomic mass is 10.3. The highest BCUT2D eigenvalue weighted by molar-refractivity contribution is 5.77. The minimum absolute atomic E-state index is 0.0926. The van der Waals surface area contributed by atoms with Crippen LogP contribution in [0.4, 0.5) is 5.95 Å². The lowest BCUT2D eigenvalue weighted by Crippen LogP contribution is -2.12. The van der Waals surface area contributed by atoms with Gasteiger partial charge in [0.25, 0.3) is 0 Å². The van der Waals surface area contributed by atoms with E-state index in [0.29, 0.717) is 25.2 Å². The maximum absolute atomic E-state index is 11.6. The molecule has 0 saturated heterocycles. The third-order valence-corrected chi connectivity index (χ3v) is 2.20. The summed E-state index contributed by atoms with van der Waals surface area (Å²) in [5.74, 6) is 0.624. The number of hydrogen-bond acceptors (Lipinski definition) is 6. The largest absolute Gasteiger partial charge is 0.492 e. The monoisotopic (exact) mass is 247 g/mol. The molecule has 7 heteroatoms. The summed E-state index contributed by atoms with van der Waals surface area (Å²) < 4.78 is 6.55. The first-order valence-electron chi connectivity index (χ1n) is 5.49. The van der Waals surface area contributed by atoms with E-state index >= 15 is 0 Å². The summed E-state index contributed by atoms with van der Waals surface area (Å²) in [7, 11) is 0. The van der Waals surface area contributed by atoms with Gasteiger partial charge in [0.2, 0.25) is 11.9 Å². The average Bonchev–Trinajstić information content (AvgIpc) is 2.82. The van der Waals surface area contributed by atoms with Crippen LogP contribution in [0.15, 0.2) is 30.9 Å². The predicted molar refractivity (Wildman–Crippen MR) is 64.0 cm³/mol. The molecule has 18 heavy (non-hydrogen) atoms. The summed E-state index contributed by atoms with van der Waals surface area (Å²) in [5.41, 5.74) is 5.32. The normalized spacial score (nSPS) is 10.2. The highest BCUT2D eigenvalue weighted by atomic mass is 16.5. The average molecular weight is 247 g/mol. The van der Waals surface area contributed by atoms with Gasteiger partial charge in [-0.3, -0.25) is 9.78 Å². The van der Waals surface area contributed by atoms with E-state index in [2.05, 4.69) is 15.1 Å². The summed E-state index contributed by atoms with van der Waals surface area (Å²) in [6, 6.07) is 3.60. The molecule has 2 aromatic rings. The molecule has 2 heterocycles. The fraction of sp³-hybridized carbons (Fsp3) is 0.273. The quantitative estimate of drug-likeness (QED) is 0.783. The Morgan fingerprint density at radius 2 is 2.39 bits per heavy atom. The number of rotatable bonds is 5. The second kappa shape index (κ2) is 5.76. The third kappa shape index (κ3) is 3.27. The first-order chi connectivity index (χ1) is 8.75. The SMILES string of the molecule is Nc1ncn(C(=O)CCCOc2cccnc2)n1. The highest BCUT2D eigenvalue weighted by Crippen LogP contribution is 2.07. The molecule has 2 rings (SSSR count). The van der Waals surface area contributed by atoms with E-state index in [-0.39, 0.29) is 11.9 Å². The van der Waals surface area contributed by atoms with E-state index in [9.17, 15) is 4.79 Å². The zero-order valence-electron chi connectivity index (χ0n) is 9.69. The Kier molecular flexibility index (Phi) is 3.85. The zero-order chi connectivity index (χ0) is 12.8. The van der Waals surface area contributed by atoms with Gasteiger partial charge in [0.05, 0.1) is 12.8 Å². The number of nitrogen functional groups attached to an aromatic ring is 1. The Hall–Kier alpha value is -2.44. The van der Waals surface area contributed by atoms with Crippen molar-refractivity contribution >= 4 is 11.9 Å². The Bertz CT molecular complexity index is 511. The van der Waals surface area contributed by atoms with Crippen LogP contribution in [0.5, 0.6) is 5.75 Å². The van der Waals surface area contributed by atoms with Gasteiger partial charge in [-0.05, 0) is 18.6 Å². The predicted octanol–water partition coefficient (Wildman–Crippen LogP) is 0.755. The lowest BCUT2D eigenvalue weighted by molar-refractivity contribution is 0.0877. The first-order valence-corrected chi connectivity index (χ1v) is 5.49. The molecule has 0 spiro atoms. The molecule has 7 nitrogen and oxygen atoms in total. The minimum Gasteiger partial charge on any atom is -0.492 e. The number of aromatic nitrogens is 4. The molecule has 0 saturated carbocycles. The van der Waals surface area contributed by atoms with Gasteiger partial charge in [-0.1, -0.05) is 0 Å². The van der Waals surface area contributed by atoms with Gasteiger partial charge in [-0.2, -0.15) is 4.68 Å². The van der Waals surface area contributed by atoms with Crippen LogP contribution < -0.4 is 10.5 Å². The number of nitrogens with zero attached hydrogens (tertiary/aromatic N) is 4. The molecule has 0 aliphatic rings. The molecule has 0 unspecified atom stereocenters. The molecular formula is C11H13N5O2. The minimum atomic E-state index is -0.158. The number of anilines is 1. The van der Waals surface area contributed by atoms with E-state index < -0.39 is 0 Å². The molecule has 2 aromatic heterocycles. The molecule has 0 bridgehead atoms. The Morgan fingerprint density at radius 3 is 3.06 bits per heavy atom. The lowest BCUT2D eigenvalue weighted by Gasteiger charge is -2.04. The molecule has 0 atom stereocenters. The van der Waals surface area contributed by atoms with E-state index in [4.69, 9.17) is 10.5 Å². The maximum atomic E-state index is 11.6. The third-order valence-electron chi connectivity index (χ3n) is 2.20. The Labute approximate surface area is 104 Å². The van der Waals surface area contributed by atoms with Gasteiger partial charge < -0.3 is 10.5 Å². The summed E-state index contributed by atoms with van der Waals surface area (Å²) in [6.07, 6.45) is 5.52. The second-order valence-electron chi connectivity index (χ2n) is 3.58. The van der Waals surface area contributed by atoms with Crippen LogP contribution >= 0.6 is 0 Å². The van der Waals surface area contributed by atoms with Crippen molar-refractivity contribution in [1.29, 1.82) is 0 Å². The van der Waals surface area contributed by atoms with Crippen LogP contribution in [0.25, 0.3) is 0 Å². The van der Waals surface area contributed by atoms with Gasteiger partial charge in [0, 0.05) is 12.6 Å². The maximum Gasteiger partial charge on any atom is 0.248 e. The topological polar surface area (TPSA) is 95.9 Å². The van der Waals surface area contributed by atoms with Crippen molar-refractivity contribution in [3.8, 4) is 5.75 Å². The molecule has 94 valence electrons. The van der Waals surface area contributed by atoms with Crippen molar-refractivity contribution in [3.63, 3.8) is 0 Å². The van der Waals surface area contributed by atoms with Crippen molar-refractivity contribution in [1.82, 2.24) is 19.7 Å². The van der Waals surface area contributed by atoms with Crippen LogP contribution in [0, 0.1) is 0 Å². The van der Waals surface area contributed by atoms with Crippen molar-refractivity contribution in [2.24, 2.45) is 0 Å². The molecule has 0 aliphatic heterocycles. The van der Waals surface area contributed by atoms with Crippen LogP contribution in [0.1, 0.15) is 17.6 Å². The van der Waals surface area contributed by atoms with E-state index in [1.165, 1.54) is 6.33 Å². The number of ether oxygens (including phenoxy) is 1. The fourth-order valence-electron chi connectivity index (χ4n) is 1.36. The summed E-state index contributed by atoms with van der Waals surface area (Å²) in [5, 5.41) is 3.73. The number of nitrogens with two attached hydrogens (primary N) is 1. The molecule has 2 N–H and O–H groups in total. The fourth-order valence-corrected chi connectivity index (χ4v) is 1.36. The van der Waals surface area contributed by atoms with Crippen LogP contribution in [0.2, 0.25) is 0 Å². The number of hydrogen-bond donors (Lipinski definition) is 1. The van der Waals surface area contributed by atoms with Crippen molar-refractivity contribution in [3.05, 3.63) is 30.9 Å². The highest BCUT2D eigenvalue weighted by Gasteiger charge is 2.06. The molecular weight excluding hydrogens is 234 g/mol. The van der Waals surface area contributed by atoms with Crippen LogP contribution in [-0.2, 0) is 0 Å². The van der Waals surface area contributed by atoms with E-state index in [1.54, 1.807) is 18.5 Å². The molecule has 0 fully saturated rings. The standard InChI is InChI=1S/C11H13N5O2/c12-11-14-8-16(15-11)10(17)4-2-6-18-9-3-1-5-13-7-9/h1,3,5,7-8H,2,4,6H2,(H2,12,15). The van der Waals surface area contributed by atoms with Crippen LogP contribution in [-0.4, -0.2) is 32.3 Å². The first kappa shape index (κ1) is 12.0. The van der Waals surface area contributed by atoms with E-state index in [0.717, 1.165) is 4.68 Å². The summed E-state index contributed by atoms with van der Waals surface area (Å²) >= 11 is 0. The molecule has 0 aromatic carbocycles. The van der Waals surface area contributed by atoms with Crippen LogP contribution in [0.3, 0.4) is 0 Å². The van der Waals surface area contributed by atoms with Gasteiger partial charge in [0.15, 0.2) is 0 Å². The van der Waals surface area contributed by atoms with Crippen molar-refractivity contribution < 1.29 is 9.53 Å². The number of carbonyl (C=O) groups excluding carboxylic acids is 1. The van der Waals surface area contributed by atoms with Gasteiger partial charge in [-0.25, -0.2) is 4.98 Å². The summed E-state index contributed by atoms with van der Waals surface area (Å²) in [4.78, 5) is 19.2. The molecule has 0 radical (unpaired) electrons. The summed E-state index contributed by atoms with van der Waals surface area (Å²) in [6.45, 7) is 0.446. The Balaban J connectivity index is 1.71. The number of carbonyl (C=O) groups is 1. The van der Waals surface area contributed by atoms with Crippen molar-refractivity contribution in [2.45, 2.75) is 12.8 Å². The Morgan fingerprint density at radius 1 is 1.50 bits per heavy atom. The van der Waals surface area contributed by atoms with Crippen molar-refractivity contribution in [2.75, 3.05) is 12.3 Å². The van der Waals surface area contributed by atoms with E-state index in [1.807, 2.05) is 6.07 Å². The molecule has 0 amide bonds. The zero-order valence-corrected chi connectivity index (χ0v) is 9.69. The van der Waals surface area contributed by atoms with Gasteiger partial charge in [-0.15, -0.1) is 5.10 Å².